The summed E-state index contributed by atoms with van der Waals surface area (Å²) in [6, 6.07) is 5.90. The topological polar surface area (TPSA) is 41.1 Å². The van der Waals surface area contributed by atoms with Gasteiger partial charge >= 0.3 is 0 Å². The zero-order chi connectivity index (χ0) is 11.3. The highest BCUT2D eigenvalue weighted by Crippen LogP contribution is 2.03. The number of carbonyl (C=O) groups excluding carboxylic acids is 1. The molecule has 0 radical (unpaired) electrons. The van der Waals surface area contributed by atoms with Gasteiger partial charge in [0.15, 0.2) is 5.11 Å². The Labute approximate surface area is 92.7 Å². The molecule has 0 heterocycles. The molecule has 5 heteroatoms. The molecule has 0 aliphatic heterocycles. The number of hydrogen-bond donors (Lipinski definition) is 2. The lowest BCUT2D eigenvalue weighted by molar-refractivity contribution is -0.119. The van der Waals surface area contributed by atoms with Gasteiger partial charge in [-0.3, -0.25) is 4.79 Å². The van der Waals surface area contributed by atoms with Crippen LogP contribution in [0.25, 0.3) is 0 Å². The Kier molecular flexibility index (Phi) is 4.17. The Morgan fingerprint density at radius 3 is 2.87 bits per heavy atom. The first-order valence-electron chi connectivity index (χ1n) is 4.38. The van der Waals surface area contributed by atoms with Crippen LogP contribution < -0.4 is 10.6 Å². The number of halogens is 1. The molecule has 1 amide bonds. The summed E-state index contributed by atoms with van der Waals surface area (Å²) in [7, 11) is 1.62. The summed E-state index contributed by atoms with van der Waals surface area (Å²) in [6.45, 7) is 0. The molecule has 0 bridgehead atoms. The third-order valence-electron chi connectivity index (χ3n) is 1.73. The number of nitrogens with one attached hydrogen (secondary N) is 2. The van der Waals surface area contributed by atoms with Crippen LogP contribution in [0.4, 0.5) is 4.39 Å². The third-order valence-corrected chi connectivity index (χ3v) is 2.04. The molecule has 1 rings (SSSR count). The lowest BCUT2D eigenvalue weighted by atomic mass is 10.1. The zero-order valence-corrected chi connectivity index (χ0v) is 9.03. The van der Waals surface area contributed by atoms with E-state index < -0.39 is 0 Å². The van der Waals surface area contributed by atoms with Crippen molar-refractivity contribution in [3.63, 3.8) is 0 Å². The first-order valence-corrected chi connectivity index (χ1v) is 4.78. The SMILES string of the molecule is CNC(=S)NC(=O)Cc1cccc(F)c1. The Morgan fingerprint density at radius 2 is 2.27 bits per heavy atom. The molecule has 0 saturated heterocycles. The highest BCUT2D eigenvalue weighted by molar-refractivity contribution is 7.80. The quantitative estimate of drug-likeness (QED) is 0.739. The smallest absolute Gasteiger partial charge is 0.230 e. The van der Waals surface area contributed by atoms with E-state index in [1.165, 1.54) is 12.1 Å². The number of hydrogen-bond acceptors (Lipinski definition) is 2. The minimum Gasteiger partial charge on any atom is -0.365 e. The lowest BCUT2D eigenvalue weighted by Crippen LogP contribution is -2.37. The van der Waals surface area contributed by atoms with Crippen LogP contribution in [0.15, 0.2) is 24.3 Å². The van der Waals surface area contributed by atoms with Crippen molar-refractivity contribution in [1.29, 1.82) is 0 Å². The first kappa shape index (κ1) is 11.6. The minimum absolute atomic E-state index is 0.111. The Morgan fingerprint density at radius 1 is 1.53 bits per heavy atom. The van der Waals surface area contributed by atoms with E-state index in [-0.39, 0.29) is 23.3 Å². The van der Waals surface area contributed by atoms with Crippen molar-refractivity contribution >= 4 is 23.2 Å². The highest BCUT2D eigenvalue weighted by Gasteiger charge is 2.05. The van der Waals surface area contributed by atoms with Gasteiger partial charge in [0.05, 0.1) is 6.42 Å². The van der Waals surface area contributed by atoms with E-state index in [0.717, 1.165) is 0 Å². The van der Waals surface area contributed by atoms with Gasteiger partial charge in [-0.2, -0.15) is 0 Å². The predicted molar refractivity (Wildman–Crippen MR) is 59.9 cm³/mol. The highest BCUT2D eigenvalue weighted by atomic mass is 32.1. The summed E-state index contributed by atoms with van der Waals surface area (Å²) in [5, 5.41) is 5.34. The summed E-state index contributed by atoms with van der Waals surface area (Å²) >= 11 is 4.76. The second-order valence-corrected chi connectivity index (χ2v) is 3.34. The van der Waals surface area contributed by atoms with E-state index in [9.17, 15) is 9.18 Å². The summed E-state index contributed by atoms with van der Waals surface area (Å²) in [6.07, 6.45) is 0.111. The molecule has 80 valence electrons. The van der Waals surface area contributed by atoms with Crippen molar-refractivity contribution < 1.29 is 9.18 Å². The first-order chi connectivity index (χ1) is 7.11. The van der Waals surface area contributed by atoms with Crippen LogP contribution in [-0.2, 0) is 11.2 Å². The fraction of sp³-hybridized carbons (Fsp3) is 0.200. The molecule has 1 aromatic carbocycles. The van der Waals surface area contributed by atoms with Crippen LogP contribution in [0.1, 0.15) is 5.56 Å². The molecule has 1 aromatic rings. The molecular weight excluding hydrogens is 215 g/mol. The van der Waals surface area contributed by atoms with E-state index in [2.05, 4.69) is 10.6 Å². The largest absolute Gasteiger partial charge is 0.365 e. The van der Waals surface area contributed by atoms with Crippen LogP contribution in [-0.4, -0.2) is 18.1 Å². The van der Waals surface area contributed by atoms with Gasteiger partial charge in [0, 0.05) is 7.05 Å². The van der Waals surface area contributed by atoms with Gasteiger partial charge in [0.25, 0.3) is 0 Å². The van der Waals surface area contributed by atoms with E-state index in [4.69, 9.17) is 12.2 Å². The van der Waals surface area contributed by atoms with Crippen LogP contribution in [0.3, 0.4) is 0 Å². The second kappa shape index (κ2) is 5.41. The fourth-order valence-corrected chi connectivity index (χ4v) is 1.18. The zero-order valence-electron chi connectivity index (χ0n) is 8.21. The standard InChI is InChI=1S/C10H11FN2OS/c1-12-10(15)13-9(14)6-7-3-2-4-8(11)5-7/h2-5H,6H2,1H3,(H2,12,13,14,15). The lowest BCUT2D eigenvalue weighted by Gasteiger charge is -2.05. The normalized spacial score (nSPS) is 9.47. The van der Waals surface area contributed by atoms with Crippen LogP contribution in [0, 0.1) is 5.82 Å². The van der Waals surface area contributed by atoms with E-state index in [1.807, 2.05) is 0 Å². The van der Waals surface area contributed by atoms with Gasteiger partial charge in [-0.25, -0.2) is 4.39 Å². The van der Waals surface area contributed by atoms with Gasteiger partial charge in [-0.1, -0.05) is 12.1 Å². The number of benzene rings is 1. The fourth-order valence-electron chi connectivity index (χ4n) is 1.07. The third kappa shape index (κ3) is 4.03. The van der Waals surface area contributed by atoms with Crippen LogP contribution in [0.5, 0.6) is 0 Å². The molecule has 0 spiro atoms. The van der Waals surface area contributed by atoms with Gasteiger partial charge < -0.3 is 10.6 Å². The predicted octanol–water partition coefficient (Wildman–Crippen LogP) is 0.989. The molecule has 15 heavy (non-hydrogen) atoms. The maximum Gasteiger partial charge on any atom is 0.230 e. The van der Waals surface area contributed by atoms with Crippen molar-refractivity contribution in [1.82, 2.24) is 10.6 Å². The van der Waals surface area contributed by atoms with Crippen molar-refractivity contribution in [2.75, 3.05) is 7.05 Å². The van der Waals surface area contributed by atoms with Crippen LogP contribution in [0.2, 0.25) is 0 Å². The number of rotatable bonds is 2. The number of carbonyl (C=O) groups is 1. The molecule has 0 unspecified atom stereocenters. The average Bonchev–Trinajstić information content (AvgIpc) is 2.17. The maximum atomic E-state index is 12.8. The molecule has 2 N–H and O–H groups in total. The van der Waals surface area contributed by atoms with Gasteiger partial charge in [0.2, 0.25) is 5.91 Å². The van der Waals surface area contributed by atoms with Crippen molar-refractivity contribution in [2.45, 2.75) is 6.42 Å². The Hall–Kier alpha value is -1.49. The van der Waals surface area contributed by atoms with Crippen molar-refractivity contribution in [2.24, 2.45) is 0 Å². The molecule has 0 atom stereocenters. The van der Waals surface area contributed by atoms with Gasteiger partial charge in [0.1, 0.15) is 5.82 Å². The van der Waals surface area contributed by atoms with E-state index in [1.54, 1.807) is 19.2 Å². The average molecular weight is 226 g/mol. The summed E-state index contributed by atoms with van der Waals surface area (Å²) in [5.41, 5.74) is 0.617. The van der Waals surface area contributed by atoms with Crippen LogP contribution >= 0.6 is 12.2 Å². The monoisotopic (exact) mass is 226 g/mol. The second-order valence-electron chi connectivity index (χ2n) is 2.93. The molecule has 3 nitrogen and oxygen atoms in total. The maximum absolute atomic E-state index is 12.8. The summed E-state index contributed by atoms with van der Waals surface area (Å²) in [4.78, 5) is 11.3. The van der Waals surface area contributed by atoms with E-state index >= 15 is 0 Å². The molecule has 0 fully saturated rings. The summed E-state index contributed by atoms with van der Waals surface area (Å²) in [5.74, 6) is -0.614. The number of amides is 1. The van der Waals surface area contributed by atoms with Crippen molar-refractivity contribution in [3.05, 3.63) is 35.6 Å². The molecule has 0 aromatic heterocycles. The number of thiocarbonyl (C=S) groups is 1. The minimum atomic E-state index is -0.350. The molecule has 0 aliphatic rings. The van der Waals surface area contributed by atoms with E-state index in [0.29, 0.717) is 5.56 Å². The molecule has 0 saturated carbocycles. The van der Waals surface area contributed by atoms with Crippen molar-refractivity contribution in [3.8, 4) is 0 Å². The Bertz CT molecular complexity index is 381. The molecular formula is C10H11FN2OS. The summed E-state index contributed by atoms with van der Waals surface area (Å²) < 4.78 is 12.8. The van der Waals surface area contributed by atoms with Gasteiger partial charge in [-0.05, 0) is 29.9 Å². The van der Waals surface area contributed by atoms with Gasteiger partial charge in [-0.15, -0.1) is 0 Å². The molecule has 0 aliphatic carbocycles. The Balaban J connectivity index is 2.55.